The predicted molar refractivity (Wildman–Crippen MR) is 75.7 cm³/mol. The summed E-state index contributed by atoms with van der Waals surface area (Å²) in [5.74, 6) is 0.152. The summed E-state index contributed by atoms with van der Waals surface area (Å²) >= 11 is 0. The van der Waals surface area contributed by atoms with Gasteiger partial charge in [-0.15, -0.1) is 0 Å². The lowest BCUT2D eigenvalue weighted by molar-refractivity contribution is 0.0155. The molecule has 2 heterocycles. The van der Waals surface area contributed by atoms with Gasteiger partial charge in [0.1, 0.15) is 11.6 Å². The number of hydrogen-bond donors (Lipinski definition) is 1. The SMILES string of the molecule is CCOc1ccc(F)cc1C1(O)CC2CCC(C1)S2=O. The topological polar surface area (TPSA) is 46.5 Å². The number of benzene rings is 1. The fraction of sp³-hybridized carbons (Fsp3) is 0.600. The molecule has 2 saturated heterocycles. The van der Waals surface area contributed by atoms with Crippen molar-refractivity contribution < 1.29 is 18.4 Å². The average Bonchev–Trinajstić information content (AvgIpc) is 2.63. The van der Waals surface area contributed by atoms with Crippen LogP contribution in [0.25, 0.3) is 0 Å². The minimum absolute atomic E-state index is 0.0245. The largest absolute Gasteiger partial charge is 0.493 e. The summed E-state index contributed by atoms with van der Waals surface area (Å²) in [6, 6.07) is 4.27. The summed E-state index contributed by atoms with van der Waals surface area (Å²) in [5.41, 5.74) is -0.611. The molecule has 0 saturated carbocycles. The minimum Gasteiger partial charge on any atom is -0.493 e. The van der Waals surface area contributed by atoms with Crippen LogP contribution in [0.1, 0.15) is 38.2 Å². The maximum absolute atomic E-state index is 13.6. The van der Waals surface area contributed by atoms with Crippen molar-refractivity contribution in [2.75, 3.05) is 6.61 Å². The molecule has 1 aromatic carbocycles. The lowest BCUT2D eigenvalue weighted by atomic mass is 9.85. The molecule has 20 heavy (non-hydrogen) atoms. The molecular formula is C15H19FO3S. The first kappa shape index (κ1) is 14.0. The smallest absolute Gasteiger partial charge is 0.125 e. The van der Waals surface area contributed by atoms with Gasteiger partial charge in [0.05, 0.1) is 12.2 Å². The van der Waals surface area contributed by atoms with E-state index in [4.69, 9.17) is 4.74 Å². The summed E-state index contributed by atoms with van der Waals surface area (Å²) in [6.07, 6.45) is 2.64. The molecule has 5 heteroatoms. The fourth-order valence-electron chi connectivity index (χ4n) is 3.45. The zero-order valence-electron chi connectivity index (χ0n) is 11.5. The Labute approximate surface area is 120 Å². The highest BCUT2D eigenvalue weighted by molar-refractivity contribution is 7.86. The van der Waals surface area contributed by atoms with Crippen LogP contribution in [0.5, 0.6) is 5.75 Å². The molecule has 2 unspecified atom stereocenters. The lowest BCUT2D eigenvalue weighted by Crippen LogP contribution is -2.40. The minimum atomic E-state index is -1.12. The number of aliphatic hydroxyl groups is 1. The van der Waals surface area contributed by atoms with E-state index in [1.807, 2.05) is 6.92 Å². The molecule has 2 atom stereocenters. The fourth-order valence-corrected chi connectivity index (χ4v) is 5.61. The molecule has 1 N–H and O–H groups in total. The molecule has 0 aliphatic carbocycles. The van der Waals surface area contributed by atoms with Gasteiger partial charge >= 0.3 is 0 Å². The quantitative estimate of drug-likeness (QED) is 0.932. The second-order valence-corrected chi connectivity index (χ2v) is 7.65. The maximum atomic E-state index is 13.6. The standard InChI is InChI=1S/C15H19FO3S/c1-2-19-14-6-3-10(16)7-13(14)15(17)8-11-4-5-12(9-15)20(11)18/h3,6-7,11-12,17H,2,4-5,8-9H2,1H3. The third-order valence-corrected chi connectivity index (χ3v) is 6.46. The molecule has 2 bridgehead atoms. The molecule has 110 valence electrons. The van der Waals surface area contributed by atoms with E-state index in [0.29, 0.717) is 30.8 Å². The van der Waals surface area contributed by atoms with Crippen LogP contribution in [0.15, 0.2) is 18.2 Å². The van der Waals surface area contributed by atoms with Crippen molar-refractivity contribution in [2.24, 2.45) is 0 Å². The van der Waals surface area contributed by atoms with E-state index in [2.05, 4.69) is 0 Å². The lowest BCUT2D eigenvalue weighted by Gasteiger charge is -2.37. The van der Waals surface area contributed by atoms with Crippen LogP contribution in [0.3, 0.4) is 0 Å². The first-order chi connectivity index (χ1) is 9.53. The van der Waals surface area contributed by atoms with E-state index < -0.39 is 16.4 Å². The van der Waals surface area contributed by atoms with E-state index in [-0.39, 0.29) is 16.3 Å². The van der Waals surface area contributed by atoms with E-state index in [1.54, 1.807) is 6.07 Å². The molecule has 0 amide bonds. The van der Waals surface area contributed by atoms with Crippen molar-refractivity contribution in [3.8, 4) is 5.75 Å². The summed E-state index contributed by atoms with van der Waals surface area (Å²) in [7, 11) is -0.849. The number of halogens is 1. The summed E-state index contributed by atoms with van der Waals surface area (Å²) in [6.45, 7) is 2.32. The third-order valence-electron chi connectivity index (χ3n) is 4.34. The van der Waals surface area contributed by atoms with Gasteiger partial charge in [-0.2, -0.15) is 0 Å². The van der Waals surface area contributed by atoms with Gasteiger partial charge in [0, 0.05) is 26.9 Å². The van der Waals surface area contributed by atoms with Crippen LogP contribution in [-0.2, 0) is 16.4 Å². The number of hydrogen-bond acceptors (Lipinski definition) is 3. The van der Waals surface area contributed by atoms with Crippen LogP contribution in [-0.4, -0.2) is 26.4 Å². The molecule has 2 fully saturated rings. The molecule has 0 radical (unpaired) electrons. The number of fused-ring (bicyclic) bond motifs is 2. The summed E-state index contributed by atoms with van der Waals surface area (Å²) < 4.78 is 31.2. The van der Waals surface area contributed by atoms with Crippen molar-refractivity contribution in [3.05, 3.63) is 29.6 Å². The van der Waals surface area contributed by atoms with Gasteiger partial charge in [0.15, 0.2) is 0 Å². The maximum Gasteiger partial charge on any atom is 0.125 e. The Hall–Kier alpha value is -0.940. The van der Waals surface area contributed by atoms with Crippen molar-refractivity contribution in [2.45, 2.75) is 48.7 Å². The first-order valence-corrected chi connectivity index (χ1v) is 8.35. The van der Waals surface area contributed by atoms with E-state index in [0.717, 1.165) is 12.8 Å². The Morgan fingerprint density at radius 1 is 1.40 bits per heavy atom. The van der Waals surface area contributed by atoms with Gasteiger partial charge in [-0.1, -0.05) is 0 Å². The Balaban J connectivity index is 1.99. The summed E-state index contributed by atoms with van der Waals surface area (Å²) in [4.78, 5) is 0. The summed E-state index contributed by atoms with van der Waals surface area (Å²) in [5, 5.41) is 11.0. The molecule has 0 aromatic heterocycles. The third kappa shape index (κ3) is 2.27. The van der Waals surface area contributed by atoms with Crippen molar-refractivity contribution in [1.29, 1.82) is 0 Å². The number of rotatable bonds is 3. The van der Waals surface area contributed by atoms with Gasteiger partial charge < -0.3 is 9.84 Å². The zero-order chi connectivity index (χ0) is 14.3. The first-order valence-electron chi connectivity index (χ1n) is 7.08. The Bertz CT molecular complexity index is 530. The monoisotopic (exact) mass is 298 g/mol. The normalized spacial score (nSPS) is 36.0. The predicted octanol–water partition coefficient (Wildman–Crippen LogP) is 2.49. The van der Waals surface area contributed by atoms with Crippen molar-refractivity contribution >= 4 is 10.8 Å². The Morgan fingerprint density at radius 3 is 2.65 bits per heavy atom. The second-order valence-electron chi connectivity index (χ2n) is 5.66. The van der Waals surface area contributed by atoms with E-state index >= 15 is 0 Å². The van der Waals surface area contributed by atoms with Gasteiger partial charge in [-0.3, -0.25) is 4.21 Å². The molecule has 2 aliphatic rings. The van der Waals surface area contributed by atoms with Crippen LogP contribution >= 0.6 is 0 Å². The van der Waals surface area contributed by atoms with Crippen molar-refractivity contribution in [1.82, 2.24) is 0 Å². The van der Waals surface area contributed by atoms with Crippen LogP contribution in [0.4, 0.5) is 4.39 Å². The molecule has 0 spiro atoms. The van der Waals surface area contributed by atoms with E-state index in [1.165, 1.54) is 12.1 Å². The molecule has 3 nitrogen and oxygen atoms in total. The van der Waals surface area contributed by atoms with Crippen LogP contribution in [0, 0.1) is 5.82 Å². The highest BCUT2D eigenvalue weighted by atomic mass is 32.2. The zero-order valence-corrected chi connectivity index (χ0v) is 12.3. The molecule has 1 aromatic rings. The van der Waals surface area contributed by atoms with Crippen LogP contribution < -0.4 is 4.74 Å². The van der Waals surface area contributed by atoms with Crippen LogP contribution in [0.2, 0.25) is 0 Å². The molecular weight excluding hydrogens is 279 g/mol. The highest BCUT2D eigenvalue weighted by Gasteiger charge is 2.49. The molecule has 2 aliphatic heterocycles. The van der Waals surface area contributed by atoms with E-state index in [9.17, 15) is 13.7 Å². The average molecular weight is 298 g/mol. The number of ether oxygens (including phenoxy) is 1. The van der Waals surface area contributed by atoms with Gasteiger partial charge in [-0.05, 0) is 50.8 Å². The Morgan fingerprint density at radius 2 is 2.05 bits per heavy atom. The van der Waals surface area contributed by atoms with Gasteiger partial charge in [-0.25, -0.2) is 4.39 Å². The Kier molecular flexibility index (Phi) is 3.58. The van der Waals surface area contributed by atoms with Gasteiger partial charge in [0.25, 0.3) is 0 Å². The highest BCUT2D eigenvalue weighted by Crippen LogP contribution is 2.48. The second kappa shape index (κ2) is 5.11. The van der Waals surface area contributed by atoms with Gasteiger partial charge in [0.2, 0.25) is 0 Å². The molecule has 3 rings (SSSR count). The van der Waals surface area contributed by atoms with Crippen molar-refractivity contribution in [3.63, 3.8) is 0 Å².